The van der Waals surface area contributed by atoms with Gasteiger partial charge >= 0.3 is 5.66 Å². The highest BCUT2D eigenvalue weighted by Gasteiger charge is 2.69. The van der Waals surface area contributed by atoms with Crippen LogP contribution in [0.2, 0.25) is 0 Å². The Balaban J connectivity index is 2.75. The van der Waals surface area contributed by atoms with Gasteiger partial charge in [-0.05, 0) is 0 Å². The van der Waals surface area contributed by atoms with Crippen LogP contribution in [-0.2, 0) is 0 Å². The first-order valence-electron chi connectivity index (χ1n) is 4.21. The van der Waals surface area contributed by atoms with Crippen molar-refractivity contribution in [2.45, 2.75) is 24.2 Å². The second kappa shape index (κ2) is 3.54. The molecule has 0 amide bonds. The summed E-state index contributed by atoms with van der Waals surface area (Å²) in [5.41, 5.74) is -2.22. The Morgan fingerprint density at radius 2 is 1.87 bits per heavy atom. The fourth-order valence-electron chi connectivity index (χ4n) is 1.33. The molecule has 1 atom stereocenters. The summed E-state index contributed by atoms with van der Waals surface area (Å²) in [4.78, 5) is 20.2. The smallest absolute Gasteiger partial charge is 0.363 e. The highest BCUT2D eigenvalue weighted by atomic mass is 35.5. The number of rotatable bonds is 4. The molecule has 0 aromatic heterocycles. The van der Waals surface area contributed by atoms with Gasteiger partial charge in [0.05, 0.1) is 0 Å². The van der Waals surface area contributed by atoms with Gasteiger partial charge in [-0.2, -0.15) is 0 Å². The lowest BCUT2D eigenvalue weighted by molar-refractivity contribution is -0.812. The minimum atomic E-state index is -2.22. The van der Waals surface area contributed by atoms with Gasteiger partial charge in [-0.15, -0.1) is 0 Å². The van der Waals surface area contributed by atoms with E-state index in [1.54, 1.807) is 6.92 Å². The number of alkyl halides is 1. The molecule has 0 aliphatic carbocycles. The zero-order valence-electron chi connectivity index (χ0n) is 7.92. The lowest BCUT2D eigenvalue weighted by Crippen LogP contribution is -2.74. The van der Waals surface area contributed by atoms with Crippen molar-refractivity contribution in [3.8, 4) is 0 Å². The Morgan fingerprint density at radius 1 is 1.47 bits per heavy atom. The number of aliphatic hydroxyl groups is 1. The number of hydrogen-bond acceptors (Lipinski definition) is 6. The van der Waals surface area contributed by atoms with Crippen LogP contribution in [0.15, 0.2) is 0 Å². The summed E-state index contributed by atoms with van der Waals surface area (Å²) in [6, 6.07) is 0. The molecular formula is C6H10ClN3O5. The van der Waals surface area contributed by atoms with E-state index in [0.29, 0.717) is 0 Å². The van der Waals surface area contributed by atoms with Crippen molar-refractivity contribution >= 4 is 11.6 Å². The molecule has 1 saturated heterocycles. The van der Waals surface area contributed by atoms with E-state index in [4.69, 9.17) is 11.6 Å². The van der Waals surface area contributed by atoms with E-state index >= 15 is 0 Å². The average Bonchev–Trinajstić information content (AvgIpc) is 2.00. The van der Waals surface area contributed by atoms with Gasteiger partial charge < -0.3 is 5.11 Å². The normalized spacial score (nSPS) is 23.9. The van der Waals surface area contributed by atoms with Gasteiger partial charge in [-0.25, -0.2) is 4.90 Å². The third-order valence-electron chi connectivity index (χ3n) is 2.50. The summed E-state index contributed by atoms with van der Waals surface area (Å²) in [6.07, 6.45) is 0.125. The fraction of sp³-hybridized carbons (Fsp3) is 1.00. The van der Waals surface area contributed by atoms with Gasteiger partial charge in [0.25, 0.3) is 0 Å². The number of halogens is 1. The molecule has 86 valence electrons. The van der Waals surface area contributed by atoms with Crippen LogP contribution in [0.25, 0.3) is 0 Å². The van der Waals surface area contributed by atoms with E-state index in [-0.39, 0.29) is 6.42 Å². The fourth-order valence-corrected chi connectivity index (χ4v) is 1.45. The SMILES string of the molecule is CCC(O)(Cl)N1CC([N+](=O)[O-])([N+](=O)[O-])C1. The van der Waals surface area contributed by atoms with Crippen molar-refractivity contribution in [1.82, 2.24) is 4.90 Å². The largest absolute Gasteiger partial charge is 0.483 e. The predicted molar refractivity (Wildman–Crippen MR) is 49.4 cm³/mol. The number of nitrogens with zero attached hydrogens (tertiary/aromatic N) is 3. The third-order valence-corrected chi connectivity index (χ3v) is 3.01. The Bertz CT molecular complexity index is 285. The van der Waals surface area contributed by atoms with Crippen LogP contribution in [0.5, 0.6) is 0 Å². The van der Waals surface area contributed by atoms with E-state index in [2.05, 4.69) is 0 Å². The van der Waals surface area contributed by atoms with E-state index in [9.17, 15) is 25.3 Å². The maximum Gasteiger partial charge on any atom is 0.483 e. The van der Waals surface area contributed by atoms with Crippen LogP contribution in [0.4, 0.5) is 0 Å². The van der Waals surface area contributed by atoms with Gasteiger partial charge in [-0.1, -0.05) is 18.5 Å². The van der Waals surface area contributed by atoms with Crippen LogP contribution < -0.4 is 0 Å². The lowest BCUT2D eigenvalue weighted by Gasteiger charge is -2.42. The zero-order valence-corrected chi connectivity index (χ0v) is 8.68. The molecule has 1 rings (SSSR count). The van der Waals surface area contributed by atoms with Crippen molar-refractivity contribution in [2.24, 2.45) is 0 Å². The molecule has 8 nitrogen and oxygen atoms in total. The van der Waals surface area contributed by atoms with E-state index in [1.807, 2.05) is 0 Å². The van der Waals surface area contributed by atoms with Crippen LogP contribution in [0.1, 0.15) is 13.3 Å². The maximum atomic E-state index is 10.5. The van der Waals surface area contributed by atoms with Crippen LogP contribution in [0, 0.1) is 20.2 Å². The van der Waals surface area contributed by atoms with Crippen molar-refractivity contribution in [3.05, 3.63) is 20.2 Å². The van der Waals surface area contributed by atoms with E-state index in [0.717, 1.165) is 4.90 Å². The summed E-state index contributed by atoms with van der Waals surface area (Å²) in [7, 11) is 0. The molecule has 0 bridgehead atoms. The second-order valence-electron chi connectivity index (χ2n) is 3.43. The molecule has 1 heterocycles. The van der Waals surface area contributed by atoms with Gasteiger partial charge in [0, 0.05) is 6.42 Å². The first-order chi connectivity index (χ1) is 6.76. The van der Waals surface area contributed by atoms with Crippen LogP contribution in [0.3, 0.4) is 0 Å². The minimum Gasteiger partial charge on any atom is -0.363 e. The minimum absolute atomic E-state index is 0.125. The average molecular weight is 240 g/mol. The topological polar surface area (TPSA) is 110 Å². The molecule has 9 heteroatoms. The number of hydrogen-bond donors (Lipinski definition) is 1. The molecule has 0 saturated carbocycles. The molecule has 1 aliphatic rings. The molecule has 0 radical (unpaired) electrons. The van der Waals surface area contributed by atoms with Gasteiger partial charge in [0.15, 0.2) is 5.18 Å². The second-order valence-corrected chi connectivity index (χ2v) is 4.03. The standard InChI is InChI=1S/C6H10ClN3O5/c1-2-6(7,11)8-3-5(4-8,9(12)13)10(14)15/h11H,2-4H2,1H3. The molecule has 0 aromatic carbocycles. The quantitative estimate of drug-likeness (QED) is 0.240. The van der Waals surface area contributed by atoms with Gasteiger partial charge in [0.2, 0.25) is 0 Å². The molecule has 1 fully saturated rings. The van der Waals surface area contributed by atoms with E-state index in [1.165, 1.54) is 0 Å². The highest BCUT2D eigenvalue weighted by molar-refractivity contribution is 6.22. The molecule has 1 unspecified atom stereocenters. The summed E-state index contributed by atoms with van der Waals surface area (Å²) >= 11 is 5.60. The molecule has 0 spiro atoms. The number of likely N-dealkylation sites (tertiary alicyclic amines) is 1. The summed E-state index contributed by atoms with van der Waals surface area (Å²) in [6.45, 7) is 0.604. The molecule has 1 N–H and O–H groups in total. The van der Waals surface area contributed by atoms with Crippen molar-refractivity contribution in [2.75, 3.05) is 13.1 Å². The first kappa shape index (κ1) is 12.1. The molecular weight excluding hydrogens is 230 g/mol. The Kier molecular flexibility index (Phi) is 2.85. The van der Waals surface area contributed by atoms with Crippen molar-refractivity contribution in [1.29, 1.82) is 0 Å². The highest BCUT2D eigenvalue weighted by Crippen LogP contribution is 2.34. The van der Waals surface area contributed by atoms with E-state index < -0.39 is 33.8 Å². The summed E-state index contributed by atoms with van der Waals surface area (Å²) < 4.78 is 0. The Hall–Kier alpha value is -0.990. The molecule has 1 aliphatic heterocycles. The van der Waals surface area contributed by atoms with Gasteiger partial charge in [-0.3, -0.25) is 20.2 Å². The van der Waals surface area contributed by atoms with Crippen molar-refractivity contribution < 1.29 is 15.0 Å². The molecule has 15 heavy (non-hydrogen) atoms. The Labute approximate surface area is 89.7 Å². The van der Waals surface area contributed by atoms with Crippen LogP contribution in [-0.4, -0.2) is 43.8 Å². The third kappa shape index (κ3) is 1.75. The van der Waals surface area contributed by atoms with Crippen LogP contribution >= 0.6 is 11.6 Å². The predicted octanol–water partition coefficient (Wildman–Crippen LogP) is -0.153. The monoisotopic (exact) mass is 239 g/mol. The Morgan fingerprint density at radius 3 is 2.13 bits per heavy atom. The first-order valence-corrected chi connectivity index (χ1v) is 4.59. The zero-order chi connectivity index (χ0) is 11.9. The molecule has 0 aromatic rings. The summed E-state index contributed by atoms with van der Waals surface area (Å²) in [5, 5.41) is 28.8. The summed E-state index contributed by atoms with van der Waals surface area (Å²) in [5.74, 6) is 0. The lowest BCUT2D eigenvalue weighted by atomic mass is 10.0. The van der Waals surface area contributed by atoms with Gasteiger partial charge in [0.1, 0.15) is 22.9 Å². The number of nitro groups is 2. The maximum absolute atomic E-state index is 10.5. The van der Waals surface area contributed by atoms with Crippen molar-refractivity contribution in [3.63, 3.8) is 0 Å².